The lowest BCUT2D eigenvalue weighted by molar-refractivity contribution is -0.125. The van der Waals surface area contributed by atoms with Gasteiger partial charge in [-0.2, -0.15) is 0 Å². The maximum absolute atomic E-state index is 12.9. The van der Waals surface area contributed by atoms with Crippen LogP contribution in [0.1, 0.15) is 55.5 Å². The lowest BCUT2D eigenvalue weighted by Crippen LogP contribution is -2.41. The van der Waals surface area contributed by atoms with E-state index < -0.39 is 5.41 Å². The van der Waals surface area contributed by atoms with Crippen molar-refractivity contribution in [2.45, 2.75) is 39.5 Å². The van der Waals surface area contributed by atoms with Crippen molar-refractivity contribution in [2.75, 3.05) is 0 Å². The van der Waals surface area contributed by atoms with Gasteiger partial charge in [-0.15, -0.1) is 0 Å². The van der Waals surface area contributed by atoms with Gasteiger partial charge in [0, 0.05) is 16.5 Å². The molecule has 104 valence electrons. The zero-order valence-corrected chi connectivity index (χ0v) is 12.7. The predicted octanol–water partition coefficient (Wildman–Crippen LogP) is 4.33. The number of carbonyl (C=O) groups excluding carboxylic acids is 2. The Hall–Kier alpha value is -1.41. The van der Waals surface area contributed by atoms with E-state index in [0.717, 1.165) is 12.0 Å². The van der Waals surface area contributed by atoms with Crippen molar-refractivity contribution in [3.8, 4) is 0 Å². The standard InChI is InChI=1S/C17H17ClO2/c1-9-6-15-14-7-12(18)4-5-13(14)16(20)17(15,11(3)19)8-10(9)2/h4-5,7,15H,6,8H2,1-3H3/t15-,17+/m0/s1. The van der Waals surface area contributed by atoms with Crippen molar-refractivity contribution in [1.29, 1.82) is 0 Å². The van der Waals surface area contributed by atoms with Gasteiger partial charge in [-0.3, -0.25) is 9.59 Å². The summed E-state index contributed by atoms with van der Waals surface area (Å²) in [6, 6.07) is 5.36. The Bertz CT molecular complexity index is 672. The highest BCUT2D eigenvalue weighted by atomic mass is 35.5. The summed E-state index contributed by atoms with van der Waals surface area (Å²) in [5, 5.41) is 0.625. The van der Waals surface area contributed by atoms with Gasteiger partial charge < -0.3 is 0 Å². The summed E-state index contributed by atoms with van der Waals surface area (Å²) in [5.41, 5.74) is 3.19. The van der Waals surface area contributed by atoms with E-state index in [1.165, 1.54) is 11.1 Å². The topological polar surface area (TPSA) is 34.1 Å². The molecule has 0 N–H and O–H groups in total. The summed E-state index contributed by atoms with van der Waals surface area (Å²) < 4.78 is 0. The number of benzene rings is 1. The molecule has 0 saturated carbocycles. The second kappa shape index (κ2) is 4.29. The molecule has 0 spiro atoms. The van der Waals surface area contributed by atoms with Crippen LogP contribution in [0, 0.1) is 5.41 Å². The highest BCUT2D eigenvalue weighted by Crippen LogP contribution is 2.57. The van der Waals surface area contributed by atoms with Crippen LogP contribution in [0.25, 0.3) is 0 Å². The van der Waals surface area contributed by atoms with Crippen LogP contribution < -0.4 is 0 Å². The first-order chi connectivity index (χ1) is 9.37. The first kappa shape index (κ1) is 13.6. The van der Waals surface area contributed by atoms with Gasteiger partial charge in [-0.1, -0.05) is 22.7 Å². The predicted molar refractivity (Wildman–Crippen MR) is 79.2 cm³/mol. The maximum atomic E-state index is 12.9. The Labute approximate surface area is 123 Å². The Morgan fingerprint density at radius 2 is 2.00 bits per heavy atom. The molecule has 0 aromatic heterocycles. The summed E-state index contributed by atoms with van der Waals surface area (Å²) in [6.45, 7) is 5.66. The Morgan fingerprint density at radius 1 is 1.30 bits per heavy atom. The molecule has 0 aliphatic heterocycles. The van der Waals surface area contributed by atoms with Crippen molar-refractivity contribution >= 4 is 23.2 Å². The molecule has 0 unspecified atom stereocenters. The summed E-state index contributed by atoms with van der Waals surface area (Å²) >= 11 is 6.08. The Balaban J connectivity index is 2.26. The largest absolute Gasteiger partial charge is 0.299 e. The van der Waals surface area contributed by atoms with Crippen LogP contribution in [0.3, 0.4) is 0 Å². The number of Topliss-reactive ketones (excluding diaryl/α,β-unsaturated/α-hetero) is 2. The quantitative estimate of drug-likeness (QED) is 0.569. The van der Waals surface area contributed by atoms with E-state index >= 15 is 0 Å². The zero-order chi connectivity index (χ0) is 14.7. The molecular formula is C17H17ClO2. The van der Waals surface area contributed by atoms with Gasteiger partial charge in [0.2, 0.25) is 0 Å². The van der Waals surface area contributed by atoms with Crippen LogP contribution in [-0.4, -0.2) is 11.6 Å². The fraction of sp³-hybridized carbons (Fsp3) is 0.412. The molecule has 0 heterocycles. The van der Waals surface area contributed by atoms with Crippen molar-refractivity contribution in [3.63, 3.8) is 0 Å². The molecule has 0 amide bonds. The fourth-order valence-electron chi connectivity index (χ4n) is 3.76. The van der Waals surface area contributed by atoms with Crippen LogP contribution in [-0.2, 0) is 4.79 Å². The van der Waals surface area contributed by atoms with E-state index in [1.54, 1.807) is 19.1 Å². The number of carbonyl (C=O) groups is 2. The number of allylic oxidation sites excluding steroid dienone is 2. The van der Waals surface area contributed by atoms with Gasteiger partial charge in [0.25, 0.3) is 0 Å². The fourth-order valence-corrected chi connectivity index (χ4v) is 3.94. The number of ketones is 2. The first-order valence-corrected chi connectivity index (χ1v) is 7.26. The highest BCUT2D eigenvalue weighted by Gasteiger charge is 2.57. The van der Waals surface area contributed by atoms with Crippen molar-refractivity contribution < 1.29 is 9.59 Å². The van der Waals surface area contributed by atoms with Crippen molar-refractivity contribution in [1.82, 2.24) is 0 Å². The van der Waals surface area contributed by atoms with Gasteiger partial charge in [0.1, 0.15) is 11.2 Å². The van der Waals surface area contributed by atoms with Gasteiger partial charge in [-0.25, -0.2) is 0 Å². The van der Waals surface area contributed by atoms with Gasteiger partial charge in [0.05, 0.1) is 0 Å². The Kier molecular flexibility index (Phi) is 2.91. The summed E-state index contributed by atoms with van der Waals surface area (Å²) in [7, 11) is 0. The highest BCUT2D eigenvalue weighted by molar-refractivity contribution is 6.31. The molecule has 3 heteroatoms. The van der Waals surface area contributed by atoms with E-state index in [4.69, 9.17) is 11.6 Å². The minimum atomic E-state index is -0.892. The molecule has 1 aromatic carbocycles. The van der Waals surface area contributed by atoms with Gasteiger partial charge in [0.15, 0.2) is 5.78 Å². The van der Waals surface area contributed by atoms with E-state index in [0.29, 0.717) is 17.0 Å². The van der Waals surface area contributed by atoms with Gasteiger partial charge in [-0.05, 0) is 57.4 Å². The monoisotopic (exact) mass is 288 g/mol. The van der Waals surface area contributed by atoms with Crippen LogP contribution in [0.15, 0.2) is 29.3 Å². The smallest absolute Gasteiger partial charge is 0.177 e. The normalized spacial score (nSPS) is 28.4. The zero-order valence-electron chi connectivity index (χ0n) is 11.9. The van der Waals surface area contributed by atoms with Gasteiger partial charge >= 0.3 is 0 Å². The molecule has 2 atom stereocenters. The molecule has 1 aromatic rings. The SMILES string of the molecule is CC(=O)[C@]12CC(C)=C(C)C[C@H]1c1cc(Cl)ccc1C2=O. The third-order valence-electron chi connectivity index (χ3n) is 5.04. The molecule has 20 heavy (non-hydrogen) atoms. The third-order valence-corrected chi connectivity index (χ3v) is 5.28. The number of fused-ring (bicyclic) bond motifs is 3. The molecule has 2 aliphatic rings. The lowest BCUT2D eigenvalue weighted by Gasteiger charge is -2.37. The van der Waals surface area contributed by atoms with E-state index in [1.807, 2.05) is 13.0 Å². The van der Waals surface area contributed by atoms with E-state index in [-0.39, 0.29) is 17.5 Å². The van der Waals surface area contributed by atoms with Crippen molar-refractivity contribution in [3.05, 3.63) is 45.5 Å². The lowest BCUT2D eigenvalue weighted by atomic mass is 9.63. The first-order valence-electron chi connectivity index (χ1n) is 6.88. The van der Waals surface area contributed by atoms with E-state index in [2.05, 4.69) is 6.92 Å². The van der Waals surface area contributed by atoms with Crippen LogP contribution >= 0.6 is 11.6 Å². The van der Waals surface area contributed by atoms with Crippen LogP contribution in [0.5, 0.6) is 0 Å². The molecule has 2 aliphatic carbocycles. The number of hydrogen-bond donors (Lipinski definition) is 0. The average molecular weight is 289 g/mol. The minimum absolute atomic E-state index is 0.0199. The maximum Gasteiger partial charge on any atom is 0.177 e. The number of halogens is 1. The number of rotatable bonds is 1. The Morgan fingerprint density at radius 3 is 2.65 bits per heavy atom. The molecule has 0 saturated heterocycles. The minimum Gasteiger partial charge on any atom is -0.299 e. The second-order valence-corrected chi connectivity index (χ2v) is 6.52. The number of hydrogen-bond acceptors (Lipinski definition) is 2. The average Bonchev–Trinajstić information content (AvgIpc) is 2.61. The summed E-state index contributed by atoms with van der Waals surface area (Å²) in [5.74, 6) is -0.0925. The van der Waals surface area contributed by atoms with E-state index in [9.17, 15) is 9.59 Å². The third kappa shape index (κ3) is 1.58. The van der Waals surface area contributed by atoms with Crippen LogP contribution in [0.4, 0.5) is 0 Å². The molecule has 0 radical (unpaired) electrons. The molecule has 0 bridgehead atoms. The molecule has 0 fully saturated rings. The molecule has 2 nitrogen and oxygen atoms in total. The summed E-state index contributed by atoms with van der Waals surface area (Å²) in [6.07, 6.45) is 1.31. The summed E-state index contributed by atoms with van der Waals surface area (Å²) in [4.78, 5) is 25.2. The van der Waals surface area contributed by atoms with Crippen molar-refractivity contribution in [2.24, 2.45) is 5.41 Å². The molecule has 3 rings (SSSR count). The van der Waals surface area contributed by atoms with Crippen LogP contribution in [0.2, 0.25) is 5.02 Å². The molecular weight excluding hydrogens is 272 g/mol. The second-order valence-electron chi connectivity index (χ2n) is 6.08.